The van der Waals surface area contributed by atoms with Gasteiger partial charge in [-0.1, -0.05) is 60.2 Å². The third kappa shape index (κ3) is 9.02. The molecule has 0 atom stereocenters. The highest BCUT2D eigenvalue weighted by molar-refractivity contribution is 5.95. The molecule has 0 unspecified atom stereocenters. The topological polar surface area (TPSA) is 87.7 Å². The van der Waals surface area contributed by atoms with Crippen LogP contribution in [-0.4, -0.2) is 42.3 Å². The van der Waals surface area contributed by atoms with Gasteiger partial charge in [0.15, 0.2) is 0 Å². The third-order valence-corrected chi connectivity index (χ3v) is 5.09. The molecule has 3 aromatic rings. The van der Waals surface area contributed by atoms with Gasteiger partial charge in [-0.25, -0.2) is 4.39 Å². The van der Waals surface area contributed by atoms with Crippen molar-refractivity contribution in [2.75, 3.05) is 25.0 Å². The Morgan fingerprint density at radius 1 is 0.857 bits per heavy atom. The molecule has 7 nitrogen and oxygen atoms in total. The normalized spacial score (nSPS) is 10.5. The molecule has 0 spiro atoms. The summed E-state index contributed by atoms with van der Waals surface area (Å²) in [4.78, 5) is 38.8. The van der Waals surface area contributed by atoms with Crippen molar-refractivity contribution in [2.24, 2.45) is 0 Å². The summed E-state index contributed by atoms with van der Waals surface area (Å²) in [5.74, 6) is -1.67. The van der Waals surface area contributed by atoms with Crippen molar-refractivity contribution in [3.05, 3.63) is 101 Å². The number of ether oxygens (including phenoxy) is 1. The summed E-state index contributed by atoms with van der Waals surface area (Å²) in [6.07, 6.45) is 0. The summed E-state index contributed by atoms with van der Waals surface area (Å²) in [6, 6.07) is 22.4. The molecule has 182 valence electrons. The van der Waals surface area contributed by atoms with E-state index in [-0.39, 0.29) is 38.8 Å². The average molecular weight is 478 g/mol. The van der Waals surface area contributed by atoms with Crippen LogP contribution in [0.15, 0.2) is 78.9 Å². The quantitative estimate of drug-likeness (QED) is 0.443. The van der Waals surface area contributed by atoms with Gasteiger partial charge in [0.2, 0.25) is 17.7 Å². The van der Waals surface area contributed by atoms with Crippen LogP contribution in [0, 0.1) is 12.7 Å². The van der Waals surface area contributed by atoms with Gasteiger partial charge in [-0.3, -0.25) is 14.4 Å². The first-order valence-electron chi connectivity index (χ1n) is 11.2. The van der Waals surface area contributed by atoms with E-state index in [9.17, 15) is 18.8 Å². The third-order valence-electron chi connectivity index (χ3n) is 5.09. The number of hydrogen-bond donors (Lipinski definition) is 2. The summed E-state index contributed by atoms with van der Waals surface area (Å²) < 4.78 is 18.8. The van der Waals surface area contributed by atoms with E-state index in [1.165, 1.54) is 17.0 Å². The van der Waals surface area contributed by atoms with E-state index >= 15 is 0 Å². The van der Waals surface area contributed by atoms with Crippen molar-refractivity contribution >= 4 is 23.4 Å². The average Bonchev–Trinajstić information content (AvgIpc) is 2.85. The molecule has 3 amide bonds. The van der Waals surface area contributed by atoms with Crippen LogP contribution in [0.1, 0.15) is 16.7 Å². The Hall–Kier alpha value is -4.04. The highest BCUT2D eigenvalue weighted by Gasteiger charge is 2.18. The van der Waals surface area contributed by atoms with Crippen LogP contribution < -0.4 is 10.6 Å². The number of nitrogens with zero attached hydrogens (tertiary/aromatic N) is 1. The second-order valence-electron chi connectivity index (χ2n) is 8.05. The fourth-order valence-electron chi connectivity index (χ4n) is 3.21. The van der Waals surface area contributed by atoms with Gasteiger partial charge in [0, 0.05) is 12.2 Å². The molecule has 0 radical (unpaired) electrons. The number of halogens is 1. The van der Waals surface area contributed by atoms with E-state index in [1.54, 1.807) is 24.3 Å². The van der Waals surface area contributed by atoms with Gasteiger partial charge >= 0.3 is 0 Å². The standard InChI is InChI=1S/C27H28FN3O4/c1-20-7-13-24(14-8-20)30-25(32)15-29-26(33)17-31(16-21-9-11-23(28)12-10-21)27(34)19-35-18-22-5-3-2-4-6-22/h2-14H,15-19H2,1H3,(H,29,33)(H,30,32). The number of nitrogens with one attached hydrogen (secondary N) is 2. The minimum atomic E-state index is -0.498. The van der Waals surface area contributed by atoms with Gasteiger partial charge in [0.25, 0.3) is 0 Å². The zero-order valence-corrected chi connectivity index (χ0v) is 19.5. The number of carbonyl (C=O) groups excluding carboxylic acids is 3. The minimum absolute atomic E-state index is 0.0940. The van der Waals surface area contributed by atoms with E-state index in [1.807, 2.05) is 49.4 Å². The lowest BCUT2D eigenvalue weighted by Crippen LogP contribution is -2.43. The van der Waals surface area contributed by atoms with Crippen molar-refractivity contribution in [1.82, 2.24) is 10.2 Å². The van der Waals surface area contributed by atoms with Crippen molar-refractivity contribution in [1.29, 1.82) is 0 Å². The molecule has 0 heterocycles. The van der Waals surface area contributed by atoms with E-state index in [4.69, 9.17) is 4.74 Å². The highest BCUT2D eigenvalue weighted by Crippen LogP contribution is 2.09. The summed E-state index contributed by atoms with van der Waals surface area (Å²) in [6.45, 7) is 1.55. The van der Waals surface area contributed by atoms with Gasteiger partial charge in [-0.15, -0.1) is 0 Å². The molecule has 2 N–H and O–H groups in total. The smallest absolute Gasteiger partial charge is 0.249 e. The Labute approximate surface area is 203 Å². The molecule has 8 heteroatoms. The van der Waals surface area contributed by atoms with E-state index < -0.39 is 17.6 Å². The Balaban J connectivity index is 1.54. The van der Waals surface area contributed by atoms with Crippen molar-refractivity contribution in [3.63, 3.8) is 0 Å². The summed E-state index contributed by atoms with van der Waals surface area (Å²) >= 11 is 0. The molecule has 0 saturated heterocycles. The Kier molecular flexibility index (Phi) is 9.50. The second-order valence-corrected chi connectivity index (χ2v) is 8.05. The monoisotopic (exact) mass is 477 g/mol. The molecule has 0 aliphatic rings. The molecule has 0 aliphatic carbocycles. The molecule has 0 aliphatic heterocycles. The molecular formula is C27H28FN3O4. The van der Waals surface area contributed by atoms with Crippen LogP contribution in [-0.2, 0) is 32.3 Å². The van der Waals surface area contributed by atoms with Crippen LogP contribution in [0.4, 0.5) is 10.1 Å². The first kappa shape index (κ1) is 25.6. The molecule has 3 rings (SSSR count). The molecule has 0 saturated carbocycles. The van der Waals surface area contributed by atoms with Crippen molar-refractivity contribution in [2.45, 2.75) is 20.1 Å². The Morgan fingerprint density at radius 3 is 2.23 bits per heavy atom. The summed E-state index contributed by atoms with van der Waals surface area (Å²) in [5.41, 5.74) is 3.27. The lowest BCUT2D eigenvalue weighted by molar-refractivity contribution is -0.141. The van der Waals surface area contributed by atoms with E-state index in [0.717, 1.165) is 11.1 Å². The number of anilines is 1. The molecule has 0 aromatic heterocycles. The summed E-state index contributed by atoms with van der Waals surface area (Å²) in [5, 5.41) is 5.23. The van der Waals surface area contributed by atoms with Gasteiger partial charge in [0.1, 0.15) is 12.4 Å². The molecular weight excluding hydrogens is 449 g/mol. The van der Waals surface area contributed by atoms with Gasteiger partial charge in [0.05, 0.1) is 19.7 Å². The number of hydrogen-bond acceptors (Lipinski definition) is 4. The molecule has 35 heavy (non-hydrogen) atoms. The maximum absolute atomic E-state index is 13.3. The fourth-order valence-corrected chi connectivity index (χ4v) is 3.21. The largest absolute Gasteiger partial charge is 0.367 e. The fraction of sp³-hybridized carbons (Fsp3) is 0.222. The first-order valence-corrected chi connectivity index (χ1v) is 11.2. The zero-order chi connectivity index (χ0) is 25.0. The molecule has 3 aromatic carbocycles. The lowest BCUT2D eigenvalue weighted by Gasteiger charge is -2.22. The van der Waals surface area contributed by atoms with Crippen molar-refractivity contribution in [3.8, 4) is 0 Å². The Bertz CT molecular complexity index is 1120. The number of rotatable bonds is 11. The maximum atomic E-state index is 13.3. The summed E-state index contributed by atoms with van der Waals surface area (Å²) in [7, 11) is 0. The number of aryl methyl sites for hydroxylation is 1. The highest BCUT2D eigenvalue weighted by atomic mass is 19.1. The number of carbonyl (C=O) groups is 3. The predicted molar refractivity (Wildman–Crippen MR) is 131 cm³/mol. The number of benzene rings is 3. The van der Waals surface area contributed by atoms with Crippen LogP contribution in [0.2, 0.25) is 0 Å². The van der Waals surface area contributed by atoms with Crippen LogP contribution >= 0.6 is 0 Å². The Morgan fingerprint density at radius 2 is 1.54 bits per heavy atom. The van der Waals surface area contributed by atoms with Crippen LogP contribution in [0.3, 0.4) is 0 Å². The zero-order valence-electron chi connectivity index (χ0n) is 19.5. The van der Waals surface area contributed by atoms with Crippen molar-refractivity contribution < 1.29 is 23.5 Å². The van der Waals surface area contributed by atoms with E-state index in [2.05, 4.69) is 10.6 Å². The maximum Gasteiger partial charge on any atom is 0.249 e. The van der Waals surface area contributed by atoms with Crippen LogP contribution in [0.5, 0.6) is 0 Å². The second kappa shape index (κ2) is 13.0. The molecule has 0 bridgehead atoms. The lowest BCUT2D eigenvalue weighted by atomic mass is 10.2. The minimum Gasteiger partial charge on any atom is -0.367 e. The van der Waals surface area contributed by atoms with Crippen LogP contribution in [0.25, 0.3) is 0 Å². The van der Waals surface area contributed by atoms with E-state index in [0.29, 0.717) is 11.3 Å². The van der Waals surface area contributed by atoms with Gasteiger partial charge < -0.3 is 20.3 Å². The van der Waals surface area contributed by atoms with Gasteiger partial charge in [-0.2, -0.15) is 0 Å². The molecule has 0 fully saturated rings. The first-order chi connectivity index (χ1) is 16.9. The SMILES string of the molecule is Cc1ccc(NC(=O)CNC(=O)CN(Cc2ccc(F)cc2)C(=O)COCc2ccccc2)cc1. The predicted octanol–water partition coefficient (Wildman–Crippen LogP) is 3.43. The number of amides is 3. The van der Waals surface area contributed by atoms with Gasteiger partial charge in [-0.05, 0) is 42.3 Å².